The number of hydrogen-bond acceptors (Lipinski definition) is 6. The Hall–Kier alpha value is -2.74. The highest BCUT2D eigenvalue weighted by atomic mass is 16.2. The maximum absolute atomic E-state index is 12.8. The third-order valence-electron chi connectivity index (χ3n) is 5.86. The van der Waals surface area contributed by atoms with E-state index < -0.39 is 23.8 Å². The van der Waals surface area contributed by atoms with E-state index in [0.29, 0.717) is 29.0 Å². The molecule has 0 radical (unpaired) electrons. The predicted octanol–water partition coefficient (Wildman–Crippen LogP) is -0.282. The van der Waals surface area contributed by atoms with Gasteiger partial charge in [0.2, 0.25) is 11.8 Å². The number of piperidine rings is 2. The van der Waals surface area contributed by atoms with Crippen molar-refractivity contribution in [1.82, 2.24) is 15.5 Å². The number of rotatable bonds is 3. The lowest BCUT2D eigenvalue weighted by molar-refractivity contribution is -0.136. The number of carbonyl (C=O) groups is 4. The highest BCUT2D eigenvalue weighted by Gasteiger charge is 2.53. The zero-order chi connectivity index (χ0) is 18.0. The molecular formula is C18H18N4O4. The first-order valence-corrected chi connectivity index (χ1v) is 8.87. The highest BCUT2D eigenvalue weighted by Crippen LogP contribution is 2.44. The molecule has 0 spiro atoms. The molecule has 4 amide bonds. The van der Waals surface area contributed by atoms with Gasteiger partial charge >= 0.3 is 0 Å². The van der Waals surface area contributed by atoms with E-state index in [1.807, 2.05) is 0 Å². The Morgan fingerprint density at radius 3 is 2.46 bits per heavy atom. The van der Waals surface area contributed by atoms with Crippen LogP contribution in [0.1, 0.15) is 33.6 Å². The number of nitrogens with zero attached hydrogens (tertiary/aromatic N) is 1. The largest absolute Gasteiger partial charge is 0.382 e. The summed E-state index contributed by atoms with van der Waals surface area (Å²) in [5.74, 6) is -0.660. The lowest BCUT2D eigenvalue weighted by Crippen LogP contribution is -2.54. The van der Waals surface area contributed by atoms with Crippen molar-refractivity contribution in [2.45, 2.75) is 24.9 Å². The Balaban J connectivity index is 1.38. The zero-order valence-corrected chi connectivity index (χ0v) is 14.0. The van der Waals surface area contributed by atoms with Gasteiger partial charge < -0.3 is 10.6 Å². The monoisotopic (exact) mass is 354 g/mol. The number of nitrogens with one attached hydrogen (secondary N) is 3. The molecule has 2 unspecified atom stereocenters. The Morgan fingerprint density at radius 1 is 1.00 bits per heavy atom. The minimum absolute atomic E-state index is 0.120. The summed E-state index contributed by atoms with van der Waals surface area (Å²) in [6.07, 6.45) is 0.286. The number of hydrogen-bond donors (Lipinski definition) is 3. The summed E-state index contributed by atoms with van der Waals surface area (Å²) in [6, 6.07) is 4.63. The van der Waals surface area contributed by atoms with Gasteiger partial charge in [0, 0.05) is 31.2 Å². The lowest BCUT2D eigenvalue weighted by Gasteiger charge is -2.27. The summed E-state index contributed by atoms with van der Waals surface area (Å²) in [5.41, 5.74) is 1.44. The van der Waals surface area contributed by atoms with E-state index in [9.17, 15) is 19.2 Å². The second kappa shape index (κ2) is 5.38. The molecular weight excluding hydrogens is 336 g/mol. The van der Waals surface area contributed by atoms with Crippen molar-refractivity contribution < 1.29 is 19.2 Å². The van der Waals surface area contributed by atoms with E-state index in [1.165, 1.54) is 0 Å². The molecule has 8 heteroatoms. The molecule has 5 rings (SSSR count). The third kappa shape index (κ3) is 2.18. The molecule has 26 heavy (non-hydrogen) atoms. The van der Waals surface area contributed by atoms with Gasteiger partial charge in [0.05, 0.1) is 11.1 Å². The third-order valence-corrected chi connectivity index (χ3v) is 5.86. The molecule has 3 N–H and O–H groups in total. The Morgan fingerprint density at radius 2 is 1.73 bits per heavy atom. The summed E-state index contributed by atoms with van der Waals surface area (Å²) in [5, 5.41) is 8.98. The molecule has 1 saturated carbocycles. The lowest BCUT2D eigenvalue weighted by atomic mass is 10.0. The normalized spacial score (nSPS) is 32.4. The van der Waals surface area contributed by atoms with E-state index in [1.54, 1.807) is 18.2 Å². The van der Waals surface area contributed by atoms with Crippen molar-refractivity contribution in [3.8, 4) is 0 Å². The van der Waals surface area contributed by atoms with Crippen LogP contribution in [-0.2, 0) is 9.59 Å². The van der Waals surface area contributed by atoms with Crippen molar-refractivity contribution in [3.05, 3.63) is 29.3 Å². The van der Waals surface area contributed by atoms with Crippen molar-refractivity contribution >= 4 is 29.3 Å². The molecule has 4 aliphatic rings. The molecule has 134 valence electrons. The van der Waals surface area contributed by atoms with Crippen LogP contribution in [0, 0.1) is 11.8 Å². The molecule has 1 aromatic carbocycles. The van der Waals surface area contributed by atoms with E-state index in [0.717, 1.165) is 23.7 Å². The van der Waals surface area contributed by atoms with Gasteiger partial charge in [0.25, 0.3) is 11.8 Å². The maximum Gasteiger partial charge on any atom is 0.262 e. The molecule has 3 fully saturated rings. The standard InChI is InChI=1S/C18H18N4O4/c23-14-4-3-13(16(24)21-14)22-17(25)9-2-1-8(5-10(9)18(22)26)20-15-11-6-19-7-12(11)15/h1-2,5,11-13,15,19-20H,3-4,6-7H2,(H,21,23,24)/t11-,12+,13?,15?. The van der Waals surface area contributed by atoms with Crippen molar-refractivity contribution in [2.75, 3.05) is 18.4 Å². The molecule has 8 nitrogen and oxygen atoms in total. The van der Waals surface area contributed by atoms with Gasteiger partial charge in [-0.25, -0.2) is 0 Å². The summed E-state index contributed by atoms with van der Waals surface area (Å²) in [4.78, 5) is 49.8. The minimum atomic E-state index is -0.926. The Kier molecular flexibility index (Phi) is 3.21. The first-order chi connectivity index (χ1) is 12.5. The molecule has 2 saturated heterocycles. The molecule has 0 bridgehead atoms. The van der Waals surface area contributed by atoms with Gasteiger partial charge in [-0.2, -0.15) is 0 Å². The van der Waals surface area contributed by atoms with Crippen molar-refractivity contribution in [2.24, 2.45) is 11.8 Å². The summed E-state index contributed by atoms with van der Waals surface area (Å²) >= 11 is 0. The second-order valence-corrected chi connectivity index (χ2v) is 7.36. The fourth-order valence-corrected chi connectivity index (χ4v) is 4.39. The highest BCUT2D eigenvalue weighted by molar-refractivity contribution is 6.23. The fourth-order valence-electron chi connectivity index (χ4n) is 4.39. The maximum atomic E-state index is 12.8. The SMILES string of the molecule is O=C1CCC(N2C(=O)c3ccc(NC4[C@H]5CNC[C@@H]45)cc3C2=O)C(=O)N1. The quantitative estimate of drug-likeness (QED) is 0.645. The minimum Gasteiger partial charge on any atom is -0.382 e. The van der Waals surface area contributed by atoms with Crippen LogP contribution in [-0.4, -0.2) is 53.7 Å². The Bertz CT molecular complexity index is 857. The summed E-state index contributed by atoms with van der Waals surface area (Å²) < 4.78 is 0. The zero-order valence-electron chi connectivity index (χ0n) is 14.0. The first-order valence-electron chi connectivity index (χ1n) is 8.87. The average Bonchev–Trinajstić information content (AvgIpc) is 2.95. The molecule has 1 aliphatic carbocycles. The van der Waals surface area contributed by atoms with Gasteiger partial charge in [0.1, 0.15) is 6.04 Å². The van der Waals surface area contributed by atoms with Crippen LogP contribution in [0.3, 0.4) is 0 Å². The van der Waals surface area contributed by atoms with E-state index >= 15 is 0 Å². The number of amides is 4. The number of imide groups is 2. The number of benzene rings is 1. The summed E-state index contributed by atoms with van der Waals surface area (Å²) in [7, 11) is 0. The smallest absolute Gasteiger partial charge is 0.262 e. The number of anilines is 1. The topological polar surface area (TPSA) is 108 Å². The van der Waals surface area contributed by atoms with Crippen molar-refractivity contribution in [3.63, 3.8) is 0 Å². The van der Waals surface area contributed by atoms with Gasteiger partial charge in [-0.3, -0.25) is 29.4 Å². The Labute approximate surface area is 149 Å². The number of carbonyl (C=O) groups excluding carboxylic acids is 4. The number of fused-ring (bicyclic) bond motifs is 2. The first kappa shape index (κ1) is 15.5. The molecule has 3 aliphatic heterocycles. The van der Waals surface area contributed by atoms with E-state index in [-0.39, 0.29) is 18.7 Å². The molecule has 0 aromatic heterocycles. The van der Waals surface area contributed by atoms with E-state index in [2.05, 4.69) is 16.0 Å². The molecule has 3 heterocycles. The summed E-state index contributed by atoms with van der Waals surface area (Å²) in [6.45, 7) is 2.02. The molecule has 1 aromatic rings. The van der Waals surface area contributed by atoms with Crippen LogP contribution in [0.2, 0.25) is 0 Å². The predicted molar refractivity (Wildman–Crippen MR) is 90.4 cm³/mol. The van der Waals surface area contributed by atoms with Gasteiger partial charge in [-0.15, -0.1) is 0 Å². The van der Waals surface area contributed by atoms with Crippen LogP contribution < -0.4 is 16.0 Å². The van der Waals surface area contributed by atoms with Crippen LogP contribution in [0.5, 0.6) is 0 Å². The fraction of sp³-hybridized carbons (Fsp3) is 0.444. The van der Waals surface area contributed by atoms with Gasteiger partial charge in [-0.05, 0) is 36.5 Å². The van der Waals surface area contributed by atoms with Crippen LogP contribution in [0.25, 0.3) is 0 Å². The molecule has 4 atom stereocenters. The average molecular weight is 354 g/mol. The van der Waals surface area contributed by atoms with Crippen LogP contribution in [0.15, 0.2) is 18.2 Å². The second-order valence-electron chi connectivity index (χ2n) is 7.36. The van der Waals surface area contributed by atoms with Crippen LogP contribution >= 0.6 is 0 Å². The van der Waals surface area contributed by atoms with Crippen molar-refractivity contribution in [1.29, 1.82) is 0 Å². The van der Waals surface area contributed by atoms with Gasteiger partial charge in [0.15, 0.2) is 0 Å². The van der Waals surface area contributed by atoms with Gasteiger partial charge in [-0.1, -0.05) is 0 Å². The van der Waals surface area contributed by atoms with Crippen LogP contribution in [0.4, 0.5) is 5.69 Å². The van der Waals surface area contributed by atoms with E-state index in [4.69, 9.17) is 0 Å².